The van der Waals surface area contributed by atoms with Crippen molar-refractivity contribution < 1.29 is 5.11 Å². The molecule has 90 valence electrons. The smallest absolute Gasteiger partial charge is 0.0471 e. The van der Waals surface area contributed by atoms with Gasteiger partial charge in [0.1, 0.15) is 0 Å². The van der Waals surface area contributed by atoms with E-state index < -0.39 is 0 Å². The van der Waals surface area contributed by atoms with E-state index in [1.807, 2.05) is 0 Å². The average Bonchev–Trinajstić information content (AvgIpc) is 2.29. The third-order valence-electron chi connectivity index (χ3n) is 3.89. The van der Waals surface area contributed by atoms with Gasteiger partial charge < -0.3 is 10.4 Å². The predicted molar refractivity (Wildman–Crippen MR) is 64.9 cm³/mol. The molecule has 0 heterocycles. The van der Waals surface area contributed by atoms with Crippen molar-refractivity contribution >= 4 is 0 Å². The van der Waals surface area contributed by atoms with Crippen molar-refractivity contribution in [3.05, 3.63) is 0 Å². The summed E-state index contributed by atoms with van der Waals surface area (Å²) in [5.74, 6) is 1.33. The van der Waals surface area contributed by atoms with E-state index in [4.69, 9.17) is 5.11 Å². The van der Waals surface area contributed by atoms with E-state index in [2.05, 4.69) is 19.2 Å². The second-order valence-electron chi connectivity index (χ2n) is 5.20. The Bertz CT molecular complexity index is 153. The molecule has 1 fully saturated rings. The second-order valence-corrected chi connectivity index (χ2v) is 5.20. The lowest BCUT2D eigenvalue weighted by atomic mass is 9.87. The Kier molecular flexibility index (Phi) is 6.26. The number of aliphatic hydroxyl groups is 1. The fourth-order valence-electron chi connectivity index (χ4n) is 2.35. The number of aliphatic hydroxyl groups excluding tert-OH is 1. The van der Waals surface area contributed by atoms with Crippen LogP contribution in [0.3, 0.4) is 0 Å². The molecule has 2 N–H and O–H groups in total. The summed E-state index contributed by atoms with van der Waals surface area (Å²) in [7, 11) is 0. The lowest BCUT2D eigenvalue weighted by Gasteiger charge is -2.24. The number of hydrogen-bond donors (Lipinski definition) is 2. The van der Waals surface area contributed by atoms with E-state index in [-0.39, 0.29) is 6.61 Å². The zero-order valence-corrected chi connectivity index (χ0v) is 10.3. The molecule has 0 aliphatic heterocycles. The second kappa shape index (κ2) is 7.24. The van der Waals surface area contributed by atoms with Crippen LogP contribution in [0, 0.1) is 11.8 Å². The highest BCUT2D eigenvalue weighted by Gasteiger charge is 2.14. The minimum atomic E-state index is 0.289. The van der Waals surface area contributed by atoms with E-state index in [9.17, 15) is 0 Å². The quantitative estimate of drug-likeness (QED) is 0.711. The minimum absolute atomic E-state index is 0.289. The summed E-state index contributed by atoms with van der Waals surface area (Å²) in [5.41, 5.74) is 0. The van der Waals surface area contributed by atoms with Crippen LogP contribution in [0.4, 0.5) is 0 Å². The Labute approximate surface area is 94.5 Å². The first-order chi connectivity index (χ1) is 7.24. The number of rotatable bonds is 6. The van der Waals surface area contributed by atoms with Crippen LogP contribution in [0.1, 0.15) is 52.4 Å². The first-order valence-corrected chi connectivity index (χ1v) is 6.58. The molecule has 1 rings (SSSR count). The van der Waals surface area contributed by atoms with E-state index >= 15 is 0 Å². The van der Waals surface area contributed by atoms with Crippen LogP contribution < -0.4 is 5.32 Å². The van der Waals surface area contributed by atoms with Gasteiger partial charge in [-0.25, -0.2) is 0 Å². The van der Waals surface area contributed by atoms with E-state index in [1.165, 1.54) is 38.5 Å². The topological polar surface area (TPSA) is 32.3 Å². The summed E-state index contributed by atoms with van der Waals surface area (Å²) in [6.07, 6.45) is 8.52. The van der Waals surface area contributed by atoms with Crippen LogP contribution in [0.5, 0.6) is 0 Å². The highest BCUT2D eigenvalue weighted by Crippen LogP contribution is 2.25. The van der Waals surface area contributed by atoms with Crippen molar-refractivity contribution in [2.75, 3.05) is 13.2 Å². The van der Waals surface area contributed by atoms with Crippen molar-refractivity contribution in [2.24, 2.45) is 11.8 Å². The fourth-order valence-corrected chi connectivity index (χ4v) is 2.35. The highest BCUT2D eigenvalue weighted by molar-refractivity contribution is 4.70. The summed E-state index contributed by atoms with van der Waals surface area (Å²) < 4.78 is 0. The molecule has 15 heavy (non-hydrogen) atoms. The minimum Gasteiger partial charge on any atom is -0.396 e. The number of hydrogen-bond acceptors (Lipinski definition) is 2. The first-order valence-electron chi connectivity index (χ1n) is 6.58. The van der Waals surface area contributed by atoms with Gasteiger partial charge in [0.15, 0.2) is 0 Å². The van der Waals surface area contributed by atoms with Gasteiger partial charge in [-0.1, -0.05) is 39.0 Å². The molecule has 0 amide bonds. The standard InChI is InChI=1S/C13H27NO/c1-11(10-15)12(2)14-9-8-13-6-4-3-5-7-13/h11-15H,3-10H2,1-2H3. The monoisotopic (exact) mass is 213 g/mol. The Morgan fingerprint density at radius 3 is 2.47 bits per heavy atom. The van der Waals surface area contributed by atoms with Crippen LogP contribution in [0.2, 0.25) is 0 Å². The number of nitrogens with one attached hydrogen (secondary N) is 1. The van der Waals surface area contributed by atoms with Crippen molar-refractivity contribution in [3.63, 3.8) is 0 Å². The summed E-state index contributed by atoms with van der Waals surface area (Å²) in [4.78, 5) is 0. The van der Waals surface area contributed by atoms with Gasteiger partial charge >= 0.3 is 0 Å². The van der Waals surface area contributed by atoms with Gasteiger partial charge in [-0.05, 0) is 31.7 Å². The lowest BCUT2D eigenvalue weighted by Crippen LogP contribution is -2.35. The van der Waals surface area contributed by atoms with Crippen molar-refractivity contribution in [3.8, 4) is 0 Å². The molecule has 0 aromatic carbocycles. The Balaban J connectivity index is 2.04. The molecule has 1 aliphatic carbocycles. The molecule has 2 atom stereocenters. The first kappa shape index (κ1) is 13.0. The van der Waals surface area contributed by atoms with E-state index in [0.717, 1.165) is 12.5 Å². The fraction of sp³-hybridized carbons (Fsp3) is 1.00. The summed E-state index contributed by atoms with van der Waals surface area (Å²) in [6.45, 7) is 5.67. The molecule has 0 saturated heterocycles. The zero-order chi connectivity index (χ0) is 11.1. The Morgan fingerprint density at radius 2 is 1.87 bits per heavy atom. The van der Waals surface area contributed by atoms with Gasteiger partial charge in [-0.2, -0.15) is 0 Å². The van der Waals surface area contributed by atoms with Gasteiger partial charge in [0.05, 0.1) is 0 Å². The highest BCUT2D eigenvalue weighted by atomic mass is 16.3. The molecular formula is C13H27NO. The maximum Gasteiger partial charge on any atom is 0.0471 e. The molecule has 0 radical (unpaired) electrons. The van der Waals surface area contributed by atoms with E-state index in [1.54, 1.807) is 0 Å². The third-order valence-corrected chi connectivity index (χ3v) is 3.89. The molecule has 0 aromatic heterocycles. The van der Waals surface area contributed by atoms with Gasteiger partial charge in [0.25, 0.3) is 0 Å². The lowest BCUT2D eigenvalue weighted by molar-refractivity contribution is 0.205. The molecule has 1 aliphatic rings. The molecule has 0 bridgehead atoms. The molecule has 2 unspecified atom stereocenters. The van der Waals surface area contributed by atoms with E-state index in [0.29, 0.717) is 12.0 Å². The maximum atomic E-state index is 9.01. The van der Waals surface area contributed by atoms with Gasteiger partial charge in [-0.15, -0.1) is 0 Å². The third kappa shape index (κ3) is 4.98. The SMILES string of the molecule is CC(CO)C(C)NCCC1CCCCC1. The molecule has 0 aromatic rings. The van der Waals surface area contributed by atoms with Crippen LogP contribution >= 0.6 is 0 Å². The van der Waals surface area contributed by atoms with Gasteiger partial charge in [0, 0.05) is 12.6 Å². The molecule has 0 spiro atoms. The predicted octanol–water partition coefficient (Wildman–Crippen LogP) is 2.56. The molecule has 2 nitrogen and oxygen atoms in total. The summed E-state index contributed by atoms with van der Waals surface area (Å²) in [6, 6.07) is 0.443. The molecule has 2 heteroatoms. The maximum absolute atomic E-state index is 9.01. The van der Waals surface area contributed by atoms with Crippen LogP contribution in [-0.4, -0.2) is 24.3 Å². The Morgan fingerprint density at radius 1 is 1.20 bits per heavy atom. The van der Waals surface area contributed by atoms with Crippen molar-refractivity contribution in [1.82, 2.24) is 5.32 Å². The molecular weight excluding hydrogens is 186 g/mol. The largest absolute Gasteiger partial charge is 0.396 e. The van der Waals surface area contributed by atoms with Gasteiger partial charge in [-0.3, -0.25) is 0 Å². The summed E-state index contributed by atoms with van der Waals surface area (Å²) >= 11 is 0. The Hall–Kier alpha value is -0.0800. The average molecular weight is 213 g/mol. The zero-order valence-electron chi connectivity index (χ0n) is 10.3. The molecule has 1 saturated carbocycles. The van der Waals surface area contributed by atoms with Crippen LogP contribution in [0.15, 0.2) is 0 Å². The van der Waals surface area contributed by atoms with Crippen LogP contribution in [0.25, 0.3) is 0 Å². The van der Waals surface area contributed by atoms with Crippen molar-refractivity contribution in [1.29, 1.82) is 0 Å². The van der Waals surface area contributed by atoms with Crippen LogP contribution in [-0.2, 0) is 0 Å². The van der Waals surface area contributed by atoms with Crippen molar-refractivity contribution in [2.45, 2.75) is 58.4 Å². The van der Waals surface area contributed by atoms with Gasteiger partial charge in [0.2, 0.25) is 0 Å². The normalized spacial score (nSPS) is 22.6. The summed E-state index contributed by atoms with van der Waals surface area (Å²) in [5, 5.41) is 12.5.